The van der Waals surface area contributed by atoms with Gasteiger partial charge in [-0.1, -0.05) is 17.6 Å². The molecule has 6 heteroatoms. The molecule has 1 aromatic carbocycles. The van der Waals surface area contributed by atoms with Crippen molar-refractivity contribution in [3.8, 4) is 0 Å². The Balaban J connectivity index is 1.58. The van der Waals surface area contributed by atoms with E-state index in [0.29, 0.717) is 5.95 Å². The van der Waals surface area contributed by atoms with Crippen molar-refractivity contribution in [2.24, 2.45) is 0 Å². The fraction of sp³-hybridized carbons (Fsp3) is 0.429. The fourth-order valence-electron chi connectivity index (χ4n) is 2.39. The summed E-state index contributed by atoms with van der Waals surface area (Å²) in [5, 5.41) is 4.38. The van der Waals surface area contributed by atoms with Crippen LogP contribution in [-0.2, 0) is 4.74 Å². The summed E-state index contributed by atoms with van der Waals surface area (Å²) in [5.41, 5.74) is 2.22. The van der Waals surface area contributed by atoms with E-state index in [1.54, 1.807) is 0 Å². The van der Waals surface area contributed by atoms with Gasteiger partial charge >= 0.3 is 0 Å². The number of nitrogens with zero attached hydrogens (tertiary/aromatic N) is 3. The third-order valence-corrected chi connectivity index (χ3v) is 3.55. The van der Waals surface area contributed by atoms with Crippen molar-refractivity contribution in [2.45, 2.75) is 0 Å². The van der Waals surface area contributed by atoms with Crippen LogP contribution in [0.4, 0.5) is 5.95 Å². The van der Waals surface area contributed by atoms with E-state index in [9.17, 15) is 0 Å². The van der Waals surface area contributed by atoms with Crippen molar-refractivity contribution >= 4 is 30.2 Å². The van der Waals surface area contributed by atoms with E-state index in [2.05, 4.69) is 40.2 Å². The first kappa shape index (κ1) is 13.3. The maximum atomic E-state index is 5.34. The molecule has 3 rings (SSSR count). The highest BCUT2D eigenvalue weighted by Crippen LogP contribution is 2.10. The lowest BCUT2D eigenvalue weighted by atomic mass is 9.95. The molecule has 0 bridgehead atoms. The molecule has 1 N–H and O–H groups in total. The number of morpholine rings is 1. The molecule has 1 aliphatic rings. The minimum Gasteiger partial charge on any atom is -0.379 e. The van der Waals surface area contributed by atoms with E-state index in [1.165, 1.54) is 5.46 Å². The van der Waals surface area contributed by atoms with Crippen LogP contribution >= 0.6 is 0 Å². The number of hydrogen-bond donors (Lipinski definition) is 1. The van der Waals surface area contributed by atoms with E-state index in [-0.39, 0.29) is 0 Å². The van der Waals surface area contributed by atoms with Crippen LogP contribution in [0.2, 0.25) is 0 Å². The Hall–Kier alpha value is -1.66. The largest absolute Gasteiger partial charge is 0.379 e. The Morgan fingerprint density at radius 1 is 1.30 bits per heavy atom. The predicted octanol–water partition coefficient (Wildman–Crippen LogP) is -0.368. The van der Waals surface area contributed by atoms with E-state index < -0.39 is 0 Å². The van der Waals surface area contributed by atoms with E-state index in [1.807, 2.05) is 12.3 Å². The zero-order valence-electron chi connectivity index (χ0n) is 11.8. The number of hydrogen-bond acceptors (Lipinski definition) is 5. The minimum atomic E-state index is 0.703. The molecular formula is C14H19BN4O. The molecule has 2 heterocycles. The lowest BCUT2D eigenvalue weighted by Gasteiger charge is -2.26. The summed E-state index contributed by atoms with van der Waals surface area (Å²) in [6, 6.07) is 6.22. The van der Waals surface area contributed by atoms with Crippen LogP contribution in [0.3, 0.4) is 0 Å². The molecule has 5 nitrogen and oxygen atoms in total. The molecule has 0 atom stereocenters. The smallest absolute Gasteiger partial charge is 0.223 e. The first-order valence-corrected chi connectivity index (χ1v) is 7.09. The molecule has 20 heavy (non-hydrogen) atoms. The van der Waals surface area contributed by atoms with Crippen molar-refractivity contribution in [2.75, 3.05) is 44.7 Å². The monoisotopic (exact) mass is 270 g/mol. The van der Waals surface area contributed by atoms with E-state index in [4.69, 9.17) is 4.74 Å². The lowest BCUT2D eigenvalue weighted by Crippen LogP contribution is -2.39. The SMILES string of the molecule is Bc1ccc2nc(NCCN3CCOCC3)ncc2c1. The molecule has 1 saturated heterocycles. The summed E-state index contributed by atoms with van der Waals surface area (Å²) in [6.45, 7) is 5.56. The molecule has 1 aliphatic heterocycles. The van der Waals surface area contributed by atoms with Gasteiger partial charge in [0.05, 0.1) is 18.7 Å². The van der Waals surface area contributed by atoms with Gasteiger partial charge in [-0.05, 0) is 6.07 Å². The Kier molecular flexibility index (Phi) is 4.13. The van der Waals surface area contributed by atoms with Crippen LogP contribution in [0, 0.1) is 0 Å². The summed E-state index contributed by atoms with van der Waals surface area (Å²) in [5.74, 6) is 0.703. The lowest BCUT2D eigenvalue weighted by molar-refractivity contribution is 0.0398. The number of rotatable bonds is 4. The second-order valence-corrected chi connectivity index (χ2v) is 5.14. The molecule has 104 valence electrons. The normalized spacial score (nSPS) is 16.4. The van der Waals surface area contributed by atoms with Gasteiger partial charge in [0, 0.05) is 37.8 Å². The van der Waals surface area contributed by atoms with Crippen molar-refractivity contribution in [1.82, 2.24) is 14.9 Å². The number of benzene rings is 1. The van der Waals surface area contributed by atoms with Gasteiger partial charge in [0.25, 0.3) is 0 Å². The maximum Gasteiger partial charge on any atom is 0.223 e. The molecule has 0 amide bonds. The maximum absolute atomic E-state index is 5.34. The van der Waals surface area contributed by atoms with Gasteiger partial charge in [-0.15, -0.1) is 0 Å². The minimum absolute atomic E-state index is 0.703. The van der Waals surface area contributed by atoms with Gasteiger partial charge in [0.1, 0.15) is 7.85 Å². The number of anilines is 1. The Labute approximate surface area is 119 Å². The zero-order valence-corrected chi connectivity index (χ0v) is 11.8. The zero-order chi connectivity index (χ0) is 13.8. The van der Waals surface area contributed by atoms with Crippen LogP contribution in [0.25, 0.3) is 10.9 Å². The molecule has 0 radical (unpaired) electrons. The summed E-state index contributed by atoms with van der Waals surface area (Å²) in [6.07, 6.45) is 1.88. The van der Waals surface area contributed by atoms with Crippen LogP contribution in [0.5, 0.6) is 0 Å². The molecule has 0 unspecified atom stereocenters. The van der Waals surface area contributed by atoms with Crippen molar-refractivity contribution in [3.05, 3.63) is 24.4 Å². The number of aromatic nitrogens is 2. The van der Waals surface area contributed by atoms with Gasteiger partial charge in [0.15, 0.2) is 0 Å². The second-order valence-electron chi connectivity index (χ2n) is 5.14. The molecule has 0 aliphatic carbocycles. The fourth-order valence-corrected chi connectivity index (χ4v) is 2.39. The van der Waals surface area contributed by atoms with Gasteiger partial charge in [0.2, 0.25) is 5.95 Å². The predicted molar refractivity (Wildman–Crippen MR) is 83.5 cm³/mol. The van der Waals surface area contributed by atoms with E-state index in [0.717, 1.165) is 50.3 Å². The Morgan fingerprint density at radius 3 is 3.00 bits per heavy atom. The van der Waals surface area contributed by atoms with E-state index >= 15 is 0 Å². The standard InChI is InChI=1S/C14H19BN4O/c15-12-1-2-13-11(9-12)10-17-14(18-13)16-3-4-19-5-7-20-8-6-19/h1-2,9-10H,3-8,15H2,(H,16,17,18). The highest BCUT2D eigenvalue weighted by atomic mass is 16.5. The average molecular weight is 270 g/mol. The van der Waals surface area contributed by atoms with Gasteiger partial charge in [-0.3, -0.25) is 4.90 Å². The first-order chi connectivity index (χ1) is 9.81. The molecule has 1 fully saturated rings. The molecule has 1 aromatic heterocycles. The highest BCUT2D eigenvalue weighted by molar-refractivity contribution is 6.33. The quantitative estimate of drug-likeness (QED) is 0.768. The van der Waals surface area contributed by atoms with Gasteiger partial charge in [-0.25, -0.2) is 9.97 Å². The van der Waals surface area contributed by atoms with Gasteiger partial charge in [-0.2, -0.15) is 0 Å². The summed E-state index contributed by atoms with van der Waals surface area (Å²) in [7, 11) is 2.08. The third kappa shape index (κ3) is 3.26. The van der Waals surface area contributed by atoms with Crippen molar-refractivity contribution < 1.29 is 4.74 Å². The van der Waals surface area contributed by atoms with Crippen molar-refractivity contribution in [3.63, 3.8) is 0 Å². The number of nitrogens with one attached hydrogen (secondary N) is 1. The van der Waals surface area contributed by atoms with Crippen molar-refractivity contribution in [1.29, 1.82) is 0 Å². The summed E-state index contributed by atoms with van der Waals surface area (Å²) < 4.78 is 5.34. The topological polar surface area (TPSA) is 50.3 Å². The van der Waals surface area contributed by atoms with Crippen LogP contribution in [0.1, 0.15) is 0 Å². The Bertz CT molecular complexity index is 586. The summed E-state index contributed by atoms with van der Waals surface area (Å²) in [4.78, 5) is 11.3. The first-order valence-electron chi connectivity index (χ1n) is 7.09. The van der Waals surface area contributed by atoms with Crippen LogP contribution in [0.15, 0.2) is 24.4 Å². The molecule has 0 saturated carbocycles. The molecular weight excluding hydrogens is 251 g/mol. The van der Waals surface area contributed by atoms with Crippen LogP contribution in [-0.4, -0.2) is 62.1 Å². The molecule has 0 spiro atoms. The summed E-state index contributed by atoms with van der Waals surface area (Å²) >= 11 is 0. The number of ether oxygens (including phenoxy) is 1. The highest BCUT2D eigenvalue weighted by Gasteiger charge is 2.09. The number of fused-ring (bicyclic) bond motifs is 1. The van der Waals surface area contributed by atoms with Gasteiger partial charge < -0.3 is 10.1 Å². The Morgan fingerprint density at radius 2 is 2.15 bits per heavy atom. The average Bonchev–Trinajstić information content (AvgIpc) is 2.48. The molecule has 2 aromatic rings. The van der Waals surface area contributed by atoms with Crippen LogP contribution < -0.4 is 10.8 Å². The second kappa shape index (κ2) is 6.20. The third-order valence-electron chi connectivity index (χ3n) is 3.55.